The molecule has 1 heterocycles. The number of aromatic hydroxyl groups is 1. The van der Waals surface area contributed by atoms with E-state index in [4.69, 9.17) is 10.8 Å². The number of carbonyl (C=O) groups excluding carboxylic acids is 1. The average Bonchev–Trinajstić information content (AvgIpc) is 2.84. The molecule has 1 aromatic heterocycles. The highest BCUT2D eigenvalue weighted by molar-refractivity contribution is 5.99. The SMILES string of the molecule is Nc1nn(C(=O)O)c2ccc(NC(=O)Cc3cccc(O)c3)cc12. The summed E-state index contributed by atoms with van der Waals surface area (Å²) in [5.41, 5.74) is 7.21. The molecule has 24 heavy (non-hydrogen) atoms. The van der Waals surface area contributed by atoms with Crippen molar-refractivity contribution in [2.75, 3.05) is 11.1 Å². The quantitative estimate of drug-likeness (QED) is 0.582. The van der Waals surface area contributed by atoms with Crippen LogP contribution in [0.15, 0.2) is 42.5 Å². The molecule has 0 atom stereocenters. The second kappa shape index (κ2) is 5.92. The van der Waals surface area contributed by atoms with E-state index in [-0.39, 0.29) is 23.9 Å². The van der Waals surface area contributed by atoms with Crippen molar-refractivity contribution in [2.24, 2.45) is 0 Å². The Bertz CT molecular complexity index is 948. The number of nitrogens with zero attached hydrogens (tertiary/aromatic N) is 2. The molecule has 0 fully saturated rings. The van der Waals surface area contributed by atoms with E-state index in [1.165, 1.54) is 18.2 Å². The van der Waals surface area contributed by atoms with Gasteiger partial charge in [-0.3, -0.25) is 4.79 Å². The van der Waals surface area contributed by atoms with Gasteiger partial charge in [-0.15, -0.1) is 5.10 Å². The first kappa shape index (κ1) is 15.3. The Morgan fingerprint density at radius 1 is 1.21 bits per heavy atom. The minimum atomic E-state index is -1.24. The Balaban J connectivity index is 1.81. The van der Waals surface area contributed by atoms with Gasteiger partial charge in [0.05, 0.1) is 11.9 Å². The number of nitrogens with one attached hydrogen (secondary N) is 1. The zero-order chi connectivity index (χ0) is 17.3. The molecule has 0 saturated carbocycles. The van der Waals surface area contributed by atoms with E-state index in [1.54, 1.807) is 24.3 Å². The zero-order valence-corrected chi connectivity index (χ0v) is 12.4. The summed E-state index contributed by atoms with van der Waals surface area (Å²) in [5, 5.41) is 25.3. The maximum atomic E-state index is 12.1. The lowest BCUT2D eigenvalue weighted by molar-refractivity contribution is -0.115. The number of carboxylic acid groups (broad SMARTS) is 1. The molecular formula is C16H14N4O4. The predicted octanol–water partition coefficient (Wildman–Crippen LogP) is 2.03. The highest BCUT2D eigenvalue weighted by Crippen LogP contribution is 2.24. The van der Waals surface area contributed by atoms with Gasteiger partial charge < -0.3 is 21.3 Å². The number of nitrogens with two attached hydrogens (primary N) is 1. The number of anilines is 2. The summed E-state index contributed by atoms with van der Waals surface area (Å²) in [6.07, 6.45) is -1.14. The minimum Gasteiger partial charge on any atom is -0.508 e. The van der Waals surface area contributed by atoms with Crippen molar-refractivity contribution in [1.82, 2.24) is 9.78 Å². The van der Waals surface area contributed by atoms with Crippen LogP contribution in [0.25, 0.3) is 10.9 Å². The first-order chi connectivity index (χ1) is 11.4. The molecule has 122 valence electrons. The van der Waals surface area contributed by atoms with Crippen molar-refractivity contribution < 1.29 is 19.8 Å². The predicted molar refractivity (Wildman–Crippen MR) is 88.0 cm³/mol. The summed E-state index contributed by atoms with van der Waals surface area (Å²) in [4.78, 5) is 23.2. The number of fused-ring (bicyclic) bond motifs is 1. The van der Waals surface area contributed by atoms with Gasteiger partial charge in [0.15, 0.2) is 5.82 Å². The molecular weight excluding hydrogens is 312 g/mol. The number of hydrogen-bond acceptors (Lipinski definition) is 5. The van der Waals surface area contributed by atoms with Crippen LogP contribution in [-0.2, 0) is 11.2 Å². The highest BCUT2D eigenvalue weighted by atomic mass is 16.4. The number of amides is 1. The molecule has 0 spiro atoms. The Hall–Kier alpha value is -3.55. The Kier molecular flexibility index (Phi) is 3.78. The van der Waals surface area contributed by atoms with Crippen LogP contribution < -0.4 is 11.1 Å². The second-order valence-corrected chi connectivity index (χ2v) is 5.21. The van der Waals surface area contributed by atoms with Crippen LogP contribution in [0.1, 0.15) is 5.56 Å². The van der Waals surface area contributed by atoms with E-state index in [2.05, 4.69) is 10.4 Å². The van der Waals surface area contributed by atoms with Gasteiger partial charge in [-0.2, -0.15) is 4.68 Å². The molecule has 1 amide bonds. The molecule has 8 nitrogen and oxygen atoms in total. The maximum absolute atomic E-state index is 12.1. The lowest BCUT2D eigenvalue weighted by atomic mass is 10.1. The van der Waals surface area contributed by atoms with Crippen LogP contribution in [0.3, 0.4) is 0 Å². The molecule has 0 radical (unpaired) electrons. The van der Waals surface area contributed by atoms with Crippen LogP contribution in [0.2, 0.25) is 0 Å². The van der Waals surface area contributed by atoms with Crippen LogP contribution in [0, 0.1) is 0 Å². The van der Waals surface area contributed by atoms with E-state index in [0.717, 1.165) is 4.68 Å². The van der Waals surface area contributed by atoms with Crippen LogP contribution >= 0.6 is 0 Å². The van der Waals surface area contributed by atoms with E-state index in [0.29, 0.717) is 22.2 Å². The first-order valence-electron chi connectivity index (χ1n) is 7.03. The monoisotopic (exact) mass is 326 g/mol. The molecule has 8 heteroatoms. The van der Waals surface area contributed by atoms with Gasteiger partial charge in [0, 0.05) is 11.1 Å². The van der Waals surface area contributed by atoms with E-state index in [1.807, 2.05) is 0 Å². The average molecular weight is 326 g/mol. The number of rotatable bonds is 3. The van der Waals surface area contributed by atoms with Crippen molar-refractivity contribution in [3.05, 3.63) is 48.0 Å². The smallest absolute Gasteiger partial charge is 0.432 e. The van der Waals surface area contributed by atoms with Gasteiger partial charge in [0.25, 0.3) is 0 Å². The second-order valence-electron chi connectivity index (χ2n) is 5.21. The van der Waals surface area contributed by atoms with Gasteiger partial charge >= 0.3 is 6.09 Å². The van der Waals surface area contributed by atoms with Gasteiger partial charge in [-0.1, -0.05) is 12.1 Å². The summed E-state index contributed by atoms with van der Waals surface area (Å²) < 4.78 is 0.781. The molecule has 3 aromatic rings. The standard InChI is InChI=1S/C16H14N4O4/c17-15-12-8-10(4-5-13(12)20(19-15)16(23)24)18-14(22)7-9-2-1-3-11(21)6-9/h1-6,8,21H,7H2,(H2,17,19)(H,18,22)(H,23,24). The summed E-state index contributed by atoms with van der Waals surface area (Å²) in [6.45, 7) is 0. The minimum absolute atomic E-state index is 0.0662. The lowest BCUT2D eigenvalue weighted by Gasteiger charge is -2.06. The largest absolute Gasteiger partial charge is 0.508 e. The molecule has 2 aromatic carbocycles. The molecule has 0 unspecified atom stereocenters. The Morgan fingerprint density at radius 3 is 2.71 bits per heavy atom. The normalized spacial score (nSPS) is 10.7. The van der Waals surface area contributed by atoms with Crippen molar-refractivity contribution >= 4 is 34.4 Å². The third-order valence-corrected chi connectivity index (χ3v) is 3.45. The third kappa shape index (κ3) is 2.98. The number of nitrogen functional groups attached to an aromatic ring is 1. The maximum Gasteiger partial charge on any atom is 0.432 e. The molecule has 0 aliphatic heterocycles. The summed E-state index contributed by atoms with van der Waals surface area (Å²) in [5.74, 6) is -0.115. The first-order valence-corrected chi connectivity index (χ1v) is 7.03. The number of hydrogen-bond donors (Lipinski definition) is 4. The third-order valence-electron chi connectivity index (χ3n) is 3.45. The molecule has 3 rings (SSSR count). The van der Waals surface area contributed by atoms with Crippen molar-refractivity contribution in [1.29, 1.82) is 0 Å². The number of benzene rings is 2. The summed E-state index contributed by atoms with van der Waals surface area (Å²) >= 11 is 0. The zero-order valence-electron chi connectivity index (χ0n) is 12.4. The van der Waals surface area contributed by atoms with Gasteiger partial charge in [-0.05, 0) is 35.9 Å². The van der Waals surface area contributed by atoms with Crippen LogP contribution in [-0.4, -0.2) is 32.0 Å². The fraction of sp³-hybridized carbons (Fsp3) is 0.0625. The van der Waals surface area contributed by atoms with E-state index < -0.39 is 6.09 Å². The summed E-state index contributed by atoms with van der Waals surface area (Å²) in [6, 6.07) is 11.1. The van der Waals surface area contributed by atoms with Crippen molar-refractivity contribution in [3.8, 4) is 5.75 Å². The fourth-order valence-corrected chi connectivity index (χ4v) is 2.42. The number of carbonyl (C=O) groups is 2. The number of aromatic nitrogens is 2. The molecule has 0 aliphatic carbocycles. The lowest BCUT2D eigenvalue weighted by Crippen LogP contribution is -2.14. The topological polar surface area (TPSA) is 130 Å². The molecule has 5 N–H and O–H groups in total. The van der Waals surface area contributed by atoms with Crippen LogP contribution in [0.5, 0.6) is 5.75 Å². The van der Waals surface area contributed by atoms with E-state index in [9.17, 15) is 14.7 Å². The number of phenolic OH excluding ortho intramolecular Hbond substituents is 1. The molecule has 0 bridgehead atoms. The Labute approximate surface area is 136 Å². The van der Waals surface area contributed by atoms with Gasteiger partial charge in [0.1, 0.15) is 5.75 Å². The van der Waals surface area contributed by atoms with Gasteiger partial charge in [-0.25, -0.2) is 4.79 Å². The Morgan fingerprint density at radius 2 is 2.00 bits per heavy atom. The van der Waals surface area contributed by atoms with Crippen molar-refractivity contribution in [2.45, 2.75) is 6.42 Å². The van der Waals surface area contributed by atoms with Gasteiger partial charge in [0.2, 0.25) is 5.91 Å². The fourth-order valence-electron chi connectivity index (χ4n) is 2.42. The molecule has 0 saturated heterocycles. The van der Waals surface area contributed by atoms with Crippen molar-refractivity contribution in [3.63, 3.8) is 0 Å². The van der Waals surface area contributed by atoms with Crippen LogP contribution in [0.4, 0.5) is 16.3 Å². The van der Waals surface area contributed by atoms with E-state index >= 15 is 0 Å². The highest BCUT2D eigenvalue weighted by Gasteiger charge is 2.14. The number of phenols is 1. The summed E-state index contributed by atoms with van der Waals surface area (Å²) in [7, 11) is 0. The molecule has 0 aliphatic rings.